The van der Waals surface area contributed by atoms with E-state index in [2.05, 4.69) is 28.3 Å². The van der Waals surface area contributed by atoms with Gasteiger partial charge in [-0.3, -0.25) is 0 Å². The Kier molecular flexibility index (Phi) is 3.06. The fourth-order valence-corrected chi connectivity index (χ4v) is 1.70. The molecule has 2 rings (SSSR count). The van der Waals surface area contributed by atoms with Gasteiger partial charge in [0.1, 0.15) is 5.82 Å². The molecule has 14 heavy (non-hydrogen) atoms. The summed E-state index contributed by atoms with van der Waals surface area (Å²) in [7, 11) is 2.07. The lowest BCUT2D eigenvalue weighted by Crippen LogP contribution is -2.44. The van der Waals surface area contributed by atoms with Gasteiger partial charge < -0.3 is 19.9 Å². The van der Waals surface area contributed by atoms with E-state index in [-0.39, 0.29) is 0 Å². The van der Waals surface area contributed by atoms with Gasteiger partial charge in [-0.25, -0.2) is 0 Å². The summed E-state index contributed by atoms with van der Waals surface area (Å²) in [6.07, 6.45) is 2.24. The molecule has 2 heterocycles. The van der Waals surface area contributed by atoms with Crippen LogP contribution in [0, 0.1) is 0 Å². The molecule has 0 radical (unpaired) electrons. The number of H-pyrrole nitrogens is 1. The molecule has 4 nitrogen and oxygen atoms in total. The standard InChI is InChI=1S/C10H17N3O/c1-13(10-3-2-4-12-10)8-9-7-11-5-6-14-9/h2-4,9,11-12H,5-8H2,1H3. The van der Waals surface area contributed by atoms with Crippen molar-refractivity contribution in [1.29, 1.82) is 0 Å². The van der Waals surface area contributed by atoms with Crippen LogP contribution >= 0.6 is 0 Å². The first-order valence-corrected chi connectivity index (χ1v) is 5.03. The summed E-state index contributed by atoms with van der Waals surface area (Å²) in [5, 5.41) is 3.32. The number of aromatic amines is 1. The zero-order valence-corrected chi connectivity index (χ0v) is 8.49. The number of aromatic nitrogens is 1. The van der Waals surface area contributed by atoms with E-state index in [1.165, 1.54) is 0 Å². The van der Waals surface area contributed by atoms with Gasteiger partial charge in [-0.1, -0.05) is 0 Å². The first-order chi connectivity index (χ1) is 6.86. The average molecular weight is 195 g/mol. The van der Waals surface area contributed by atoms with Crippen molar-refractivity contribution in [2.75, 3.05) is 38.2 Å². The predicted octanol–water partition coefficient (Wildman–Crippen LogP) is 0.439. The number of hydrogen-bond donors (Lipinski definition) is 2. The molecule has 1 aromatic rings. The van der Waals surface area contributed by atoms with Crippen LogP contribution in [0.25, 0.3) is 0 Å². The minimum atomic E-state index is 0.303. The van der Waals surface area contributed by atoms with E-state index in [9.17, 15) is 0 Å². The topological polar surface area (TPSA) is 40.3 Å². The molecule has 78 valence electrons. The summed E-state index contributed by atoms with van der Waals surface area (Å²) in [6.45, 7) is 3.67. The Morgan fingerprint density at radius 3 is 3.21 bits per heavy atom. The number of rotatable bonds is 3. The van der Waals surface area contributed by atoms with Crippen LogP contribution in [0.3, 0.4) is 0 Å². The van der Waals surface area contributed by atoms with Gasteiger partial charge in [0.15, 0.2) is 0 Å². The van der Waals surface area contributed by atoms with Crippen molar-refractivity contribution in [2.45, 2.75) is 6.10 Å². The van der Waals surface area contributed by atoms with E-state index < -0.39 is 0 Å². The van der Waals surface area contributed by atoms with Gasteiger partial charge in [0.25, 0.3) is 0 Å². The molecule has 1 aromatic heterocycles. The molecule has 1 unspecified atom stereocenters. The van der Waals surface area contributed by atoms with Crippen molar-refractivity contribution in [1.82, 2.24) is 10.3 Å². The van der Waals surface area contributed by atoms with Crippen molar-refractivity contribution in [3.63, 3.8) is 0 Å². The maximum Gasteiger partial charge on any atom is 0.105 e. The van der Waals surface area contributed by atoms with Crippen LogP contribution in [0.2, 0.25) is 0 Å². The minimum absolute atomic E-state index is 0.303. The third kappa shape index (κ3) is 2.27. The molecule has 1 aliphatic heterocycles. The monoisotopic (exact) mass is 195 g/mol. The fraction of sp³-hybridized carbons (Fsp3) is 0.600. The summed E-state index contributed by atoms with van der Waals surface area (Å²) >= 11 is 0. The highest BCUT2D eigenvalue weighted by Crippen LogP contribution is 2.09. The predicted molar refractivity (Wildman–Crippen MR) is 56.7 cm³/mol. The molecule has 1 atom stereocenters. The van der Waals surface area contributed by atoms with Gasteiger partial charge in [0.2, 0.25) is 0 Å². The van der Waals surface area contributed by atoms with Crippen molar-refractivity contribution in [2.24, 2.45) is 0 Å². The molecule has 0 aromatic carbocycles. The van der Waals surface area contributed by atoms with E-state index in [0.29, 0.717) is 6.10 Å². The summed E-state index contributed by atoms with van der Waals surface area (Å²) in [4.78, 5) is 5.35. The highest BCUT2D eigenvalue weighted by Gasteiger charge is 2.15. The third-order valence-corrected chi connectivity index (χ3v) is 2.47. The number of nitrogens with one attached hydrogen (secondary N) is 2. The van der Waals surface area contributed by atoms with Crippen molar-refractivity contribution in [3.8, 4) is 0 Å². The Labute approximate surface area is 84.2 Å². The highest BCUT2D eigenvalue weighted by atomic mass is 16.5. The van der Waals surface area contributed by atoms with E-state index in [4.69, 9.17) is 4.74 Å². The Morgan fingerprint density at radius 2 is 2.57 bits per heavy atom. The molecule has 0 spiro atoms. The van der Waals surface area contributed by atoms with Crippen LogP contribution in [-0.2, 0) is 4.74 Å². The molecule has 0 amide bonds. The Hall–Kier alpha value is -1.00. The van der Waals surface area contributed by atoms with Crippen molar-refractivity contribution < 1.29 is 4.74 Å². The average Bonchev–Trinajstić information content (AvgIpc) is 2.72. The van der Waals surface area contributed by atoms with Crippen LogP contribution < -0.4 is 10.2 Å². The van der Waals surface area contributed by atoms with Crippen LogP contribution in [0.4, 0.5) is 5.82 Å². The summed E-state index contributed by atoms with van der Waals surface area (Å²) < 4.78 is 5.63. The molecule has 1 saturated heterocycles. The maximum atomic E-state index is 5.63. The minimum Gasteiger partial charge on any atom is -0.374 e. The third-order valence-electron chi connectivity index (χ3n) is 2.47. The molecule has 1 aliphatic rings. The lowest BCUT2D eigenvalue weighted by molar-refractivity contribution is 0.0339. The second-order valence-electron chi connectivity index (χ2n) is 3.63. The number of nitrogens with zero attached hydrogens (tertiary/aromatic N) is 1. The Bertz CT molecular complexity index is 254. The first-order valence-electron chi connectivity index (χ1n) is 5.03. The number of morpholine rings is 1. The zero-order valence-electron chi connectivity index (χ0n) is 8.49. The Morgan fingerprint density at radius 1 is 1.64 bits per heavy atom. The molecule has 2 N–H and O–H groups in total. The molecule has 0 aliphatic carbocycles. The SMILES string of the molecule is CN(CC1CNCCO1)c1ccc[nH]1. The fourth-order valence-electron chi connectivity index (χ4n) is 1.70. The summed E-state index contributed by atoms with van der Waals surface area (Å²) in [5.74, 6) is 1.14. The van der Waals surface area contributed by atoms with Crippen molar-refractivity contribution >= 4 is 5.82 Å². The zero-order chi connectivity index (χ0) is 9.80. The highest BCUT2D eigenvalue weighted by molar-refractivity contribution is 5.37. The van der Waals surface area contributed by atoms with Crippen LogP contribution in [-0.4, -0.2) is 44.4 Å². The number of ether oxygens (including phenoxy) is 1. The van der Waals surface area contributed by atoms with Gasteiger partial charge >= 0.3 is 0 Å². The molecule has 0 bridgehead atoms. The Balaban J connectivity index is 1.84. The molecule has 4 heteroatoms. The van der Waals surface area contributed by atoms with Crippen LogP contribution in [0.1, 0.15) is 0 Å². The molecule has 0 saturated carbocycles. The lowest BCUT2D eigenvalue weighted by atomic mass is 10.3. The summed E-state index contributed by atoms with van der Waals surface area (Å²) in [5.41, 5.74) is 0. The van der Waals surface area contributed by atoms with Gasteiger partial charge in [-0.2, -0.15) is 0 Å². The number of hydrogen-bond acceptors (Lipinski definition) is 3. The van der Waals surface area contributed by atoms with E-state index >= 15 is 0 Å². The van der Waals surface area contributed by atoms with Crippen LogP contribution in [0.5, 0.6) is 0 Å². The van der Waals surface area contributed by atoms with Gasteiger partial charge in [-0.05, 0) is 12.1 Å². The molecular formula is C10H17N3O. The van der Waals surface area contributed by atoms with Gasteiger partial charge in [0.05, 0.1) is 12.7 Å². The van der Waals surface area contributed by atoms with E-state index in [1.54, 1.807) is 0 Å². The van der Waals surface area contributed by atoms with Crippen molar-refractivity contribution in [3.05, 3.63) is 18.3 Å². The summed E-state index contributed by atoms with van der Waals surface area (Å²) in [6, 6.07) is 4.07. The maximum absolute atomic E-state index is 5.63. The molecular weight excluding hydrogens is 178 g/mol. The smallest absolute Gasteiger partial charge is 0.105 e. The lowest BCUT2D eigenvalue weighted by Gasteiger charge is -2.28. The van der Waals surface area contributed by atoms with E-state index in [1.807, 2.05) is 12.3 Å². The van der Waals surface area contributed by atoms with Gasteiger partial charge in [0, 0.05) is 32.9 Å². The first kappa shape index (κ1) is 9.55. The van der Waals surface area contributed by atoms with Gasteiger partial charge in [-0.15, -0.1) is 0 Å². The molecule has 1 fully saturated rings. The largest absolute Gasteiger partial charge is 0.374 e. The van der Waals surface area contributed by atoms with E-state index in [0.717, 1.165) is 32.1 Å². The number of anilines is 1. The van der Waals surface area contributed by atoms with Crippen LogP contribution in [0.15, 0.2) is 18.3 Å². The normalized spacial score (nSPS) is 22.2. The quantitative estimate of drug-likeness (QED) is 0.735. The number of likely N-dealkylation sites (N-methyl/N-ethyl adjacent to an activating group) is 1. The second-order valence-corrected chi connectivity index (χ2v) is 3.63. The second kappa shape index (κ2) is 4.48.